The molecule has 1 N–H and O–H groups in total. The van der Waals surface area contributed by atoms with Crippen molar-refractivity contribution >= 4 is 5.97 Å². The van der Waals surface area contributed by atoms with Gasteiger partial charge in [0, 0.05) is 0 Å². The summed E-state index contributed by atoms with van der Waals surface area (Å²) in [4.78, 5) is 11.8. The summed E-state index contributed by atoms with van der Waals surface area (Å²) < 4.78 is 4.84. The molecule has 0 aromatic carbocycles. The molecule has 2 unspecified atom stereocenters. The summed E-state index contributed by atoms with van der Waals surface area (Å²) in [6.07, 6.45) is 6.67. The van der Waals surface area contributed by atoms with Gasteiger partial charge in [0.1, 0.15) is 0 Å². The van der Waals surface area contributed by atoms with Gasteiger partial charge in [0.25, 0.3) is 0 Å². The smallest absolute Gasteiger partial charge is 0.311 e. The number of hydrogen-bond acceptors (Lipinski definition) is 3. The number of esters is 1. The molecule has 1 aliphatic carbocycles. The number of carbonyl (C=O) groups excluding carboxylic acids is 1. The summed E-state index contributed by atoms with van der Waals surface area (Å²) in [5.41, 5.74) is 0. The van der Waals surface area contributed by atoms with E-state index < -0.39 is 6.10 Å². The first-order valence-corrected chi connectivity index (χ1v) is 7.36. The van der Waals surface area contributed by atoms with Crippen LogP contribution in [0.5, 0.6) is 0 Å². The fourth-order valence-electron chi connectivity index (χ4n) is 2.96. The van der Waals surface area contributed by atoms with E-state index in [0.29, 0.717) is 0 Å². The highest BCUT2D eigenvalue weighted by Crippen LogP contribution is 2.34. The summed E-state index contributed by atoms with van der Waals surface area (Å²) in [5, 5.41) is 10.4. The second kappa shape index (κ2) is 7.78. The van der Waals surface area contributed by atoms with Crippen LogP contribution in [0.15, 0.2) is 0 Å². The first kappa shape index (κ1) is 15.5. The zero-order chi connectivity index (χ0) is 13.5. The summed E-state index contributed by atoms with van der Waals surface area (Å²) in [6.45, 7) is 4.36. The third kappa shape index (κ3) is 4.27. The Balaban J connectivity index is 2.57. The second-order valence-corrected chi connectivity index (χ2v) is 5.78. The van der Waals surface area contributed by atoms with E-state index in [-0.39, 0.29) is 17.8 Å². The zero-order valence-corrected chi connectivity index (χ0v) is 12.0. The van der Waals surface area contributed by atoms with Gasteiger partial charge in [-0.2, -0.15) is 0 Å². The minimum Gasteiger partial charge on any atom is -0.469 e. The molecule has 0 heterocycles. The molecule has 0 amide bonds. The van der Waals surface area contributed by atoms with Crippen molar-refractivity contribution < 1.29 is 14.6 Å². The van der Waals surface area contributed by atoms with Gasteiger partial charge in [-0.25, -0.2) is 0 Å². The van der Waals surface area contributed by atoms with Crippen LogP contribution in [-0.4, -0.2) is 24.3 Å². The van der Waals surface area contributed by atoms with Gasteiger partial charge in [0.2, 0.25) is 0 Å². The first-order chi connectivity index (χ1) is 8.60. The average Bonchev–Trinajstić information content (AvgIpc) is 2.39. The second-order valence-electron chi connectivity index (χ2n) is 5.78. The Bertz CT molecular complexity index is 244. The standard InChI is InChI=1S/C15H28O3/c1-4-5-6-13(15(17)18-3)14(16)12-9-7-11(2)8-10-12/h11-14,16H,4-10H2,1-3H3. The largest absolute Gasteiger partial charge is 0.469 e. The molecule has 1 rings (SSSR count). The van der Waals surface area contributed by atoms with Crippen molar-refractivity contribution in [1.82, 2.24) is 0 Å². The Morgan fingerprint density at radius 2 is 1.94 bits per heavy atom. The molecular weight excluding hydrogens is 228 g/mol. The lowest BCUT2D eigenvalue weighted by molar-refractivity contribution is -0.152. The van der Waals surface area contributed by atoms with E-state index in [9.17, 15) is 9.90 Å². The highest BCUT2D eigenvalue weighted by molar-refractivity contribution is 5.72. The van der Waals surface area contributed by atoms with Crippen molar-refractivity contribution in [3.05, 3.63) is 0 Å². The molecule has 0 aliphatic heterocycles. The molecule has 0 saturated heterocycles. The van der Waals surface area contributed by atoms with Gasteiger partial charge in [-0.15, -0.1) is 0 Å². The Labute approximate surface area is 111 Å². The number of unbranched alkanes of at least 4 members (excludes halogenated alkanes) is 1. The first-order valence-electron chi connectivity index (χ1n) is 7.36. The highest BCUT2D eigenvalue weighted by atomic mass is 16.5. The van der Waals surface area contributed by atoms with E-state index in [1.807, 2.05) is 0 Å². The Morgan fingerprint density at radius 1 is 1.33 bits per heavy atom. The van der Waals surface area contributed by atoms with Crippen molar-refractivity contribution in [3.8, 4) is 0 Å². The highest BCUT2D eigenvalue weighted by Gasteiger charge is 2.34. The summed E-state index contributed by atoms with van der Waals surface area (Å²) in [7, 11) is 1.41. The van der Waals surface area contributed by atoms with Crippen molar-refractivity contribution in [3.63, 3.8) is 0 Å². The predicted molar refractivity (Wildman–Crippen MR) is 72.2 cm³/mol. The van der Waals surface area contributed by atoms with Gasteiger partial charge in [0.15, 0.2) is 0 Å². The van der Waals surface area contributed by atoms with E-state index in [2.05, 4.69) is 13.8 Å². The van der Waals surface area contributed by atoms with Crippen molar-refractivity contribution in [2.75, 3.05) is 7.11 Å². The zero-order valence-electron chi connectivity index (χ0n) is 12.0. The van der Waals surface area contributed by atoms with Crippen LogP contribution >= 0.6 is 0 Å². The van der Waals surface area contributed by atoms with E-state index in [1.54, 1.807) is 0 Å². The maximum absolute atomic E-state index is 11.8. The molecular formula is C15H28O3. The molecule has 1 aliphatic rings. The minimum absolute atomic E-state index is 0.241. The van der Waals surface area contributed by atoms with Crippen LogP contribution in [0.1, 0.15) is 58.8 Å². The maximum atomic E-state index is 11.8. The molecule has 0 radical (unpaired) electrons. The van der Waals surface area contributed by atoms with Crippen LogP contribution in [0.25, 0.3) is 0 Å². The van der Waals surface area contributed by atoms with Crippen molar-refractivity contribution in [1.29, 1.82) is 0 Å². The molecule has 0 aromatic rings. The number of rotatable bonds is 6. The van der Waals surface area contributed by atoms with Crippen LogP contribution < -0.4 is 0 Å². The molecule has 18 heavy (non-hydrogen) atoms. The third-order valence-electron chi connectivity index (χ3n) is 4.33. The van der Waals surface area contributed by atoms with Crippen LogP contribution in [-0.2, 0) is 9.53 Å². The Kier molecular flexibility index (Phi) is 6.69. The quantitative estimate of drug-likeness (QED) is 0.743. The summed E-state index contributed by atoms with van der Waals surface area (Å²) in [6, 6.07) is 0. The maximum Gasteiger partial charge on any atom is 0.311 e. The van der Waals surface area contributed by atoms with Gasteiger partial charge < -0.3 is 9.84 Å². The Hall–Kier alpha value is -0.570. The van der Waals surface area contributed by atoms with Gasteiger partial charge in [-0.05, 0) is 31.1 Å². The molecule has 1 saturated carbocycles. The van der Waals surface area contributed by atoms with E-state index in [1.165, 1.54) is 20.0 Å². The summed E-state index contributed by atoms with van der Waals surface area (Å²) >= 11 is 0. The van der Waals surface area contributed by atoms with Gasteiger partial charge in [-0.3, -0.25) is 4.79 Å². The molecule has 0 spiro atoms. The number of aliphatic hydroxyl groups excluding tert-OH is 1. The lowest BCUT2D eigenvalue weighted by atomic mass is 9.76. The molecule has 0 aromatic heterocycles. The van der Waals surface area contributed by atoms with Crippen LogP contribution in [0.3, 0.4) is 0 Å². The number of aliphatic hydroxyl groups is 1. The molecule has 3 nitrogen and oxygen atoms in total. The molecule has 0 bridgehead atoms. The van der Waals surface area contributed by atoms with E-state index in [4.69, 9.17) is 4.74 Å². The fourth-order valence-corrected chi connectivity index (χ4v) is 2.96. The molecule has 3 heteroatoms. The molecule has 106 valence electrons. The lowest BCUT2D eigenvalue weighted by Gasteiger charge is -2.33. The van der Waals surface area contributed by atoms with Crippen LogP contribution in [0, 0.1) is 17.8 Å². The van der Waals surface area contributed by atoms with Gasteiger partial charge >= 0.3 is 5.97 Å². The van der Waals surface area contributed by atoms with Crippen molar-refractivity contribution in [2.24, 2.45) is 17.8 Å². The fraction of sp³-hybridized carbons (Fsp3) is 0.933. The van der Waals surface area contributed by atoms with Crippen molar-refractivity contribution in [2.45, 2.75) is 64.9 Å². The van der Waals surface area contributed by atoms with E-state index >= 15 is 0 Å². The normalized spacial score (nSPS) is 27.6. The number of carbonyl (C=O) groups is 1. The third-order valence-corrected chi connectivity index (χ3v) is 4.33. The summed E-state index contributed by atoms with van der Waals surface area (Å²) in [5.74, 6) is 0.478. The molecule has 1 fully saturated rings. The number of hydrogen-bond donors (Lipinski definition) is 1. The Morgan fingerprint density at radius 3 is 2.44 bits per heavy atom. The van der Waals surface area contributed by atoms with Gasteiger partial charge in [0.05, 0.1) is 19.1 Å². The van der Waals surface area contributed by atoms with Gasteiger partial charge in [-0.1, -0.05) is 39.5 Å². The average molecular weight is 256 g/mol. The number of ether oxygens (including phenoxy) is 1. The lowest BCUT2D eigenvalue weighted by Crippen LogP contribution is -2.37. The SMILES string of the molecule is CCCCC(C(=O)OC)C(O)C1CCC(C)CC1. The van der Waals surface area contributed by atoms with Crippen LogP contribution in [0.4, 0.5) is 0 Å². The predicted octanol–water partition coefficient (Wildman–Crippen LogP) is 3.15. The molecule has 2 atom stereocenters. The van der Waals surface area contributed by atoms with E-state index in [0.717, 1.165) is 38.0 Å². The monoisotopic (exact) mass is 256 g/mol. The minimum atomic E-state index is -0.517. The number of methoxy groups -OCH3 is 1. The topological polar surface area (TPSA) is 46.5 Å². The van der Waals surface area contributed by atoms with Crippen LogP contribution in [0.2, 0.25) is 0 Å².